The lowest BCUT2D eigenvalue weighted by atomic mass is 10.2. The molecule has 118 valence electrons. The van der Waals surface area contributed by atoms with Gasteiger partial charge in [-0.1, -0.05) is 24.3 Å². The molecule has 0 aliphatic heterocycles. The minimum Gasteiger partial charge on any atom is -0.494 e. The van der Waals surface area contributed by atoms with Gasteiger partial charge in [0.2, 0.25) is 5.43 Å². The molecular weight excluding hydrogens is 316 g/mol. The normalized spacial score (nSPS) is 11.0. The molecule has 0 unspecified atom stereocenters. The van der Waals surface area contributed by atoms with Crippen LogP contribution in [0.3, 0.4) is 0 Å². The van der Waals surface area contributed by atoms with Gasteiger partial charge in [0.25, 0.3) is 0 Å². The van der Waals surface area contributed by atoms with E-state index in [2.05, 4.69) is 24.3 Å². The lowest BCUT2D eigenvalue weighted by molar-refractivity contribution is 0.340. The fourth-order valence-corrected chi connectivity index (χ4v) is 5.36. The maximum atomic E-state index is 12.8. The summed E-state index contributed by atoms with van der Waals surface area (Å²) in [7, 11) is -0.267. The lowest BCUT2D eigenvalue weighted by Crippen LogP contribution is -2.01. The van der Waals surface area contributed by atoms with Gasteiger partial charge in [-0.05, 0) is 43.3 Å². The van der Waals surface area contributed by atoms with Crippen LogP contribution in [0.4, 0.5) is 0 Å². The Kier molecular flexibility index (Phi) is 3.79. The van der Waals surface area contributed by atoms with Crippen molar-refractivity contribution in [2.45, 2.75) is 6.92 Å². The number of fused-ring (bicyclic) bond motifs is 2. The van der Waals surface area contributed by atoms with Gasteiger partial charge in [0.15, 0.2) is 14.3 Å². The first-order chi connectivity index (χ1) is 11.8. The highest BCUT2D eigenvalue weighted by molar-refractivity contribution is 7.49. The fourth-order valence-electron chi connectivity index (χ4n) is 3.02. The van der Waals surface area contributed by atoms with Crippen molar-refractivity contribution in [3.63, 3.8) is 0 Å². The summed E-state index contributed by atoms with van der Waals surface area (Å²) in [6.07, 6.45) is 0. The molecule has 0 bridgehead atoms. The predicted octanol–water partition coefficient (Wildman–Crippen LogP) is 5.49. The van der Waals surface area contributed by atoms with Gasteiger partial charge in [-0.3, -0.25) is 4.79 Å². The number of hydrogen-bond acceptors (Lipinski definition) is 2. The molecule has 0 aliphatic rings. The Balaban J connectivity index is 2.08. The number of ether oxygens (including phenoxy) is 1. The summed E-state index contributed by atoms with van der Waals surface area (Å²) in [5, 5.41) is 1.63. The van der Waals surface area contributed by atoms with Crippen LogP contribution in [-0.2, 0) is 0 Å². The summed E-state index contributed by atoms with van der Waals surface area (Å²) in [4.78, 5) is 14.0. The largest absolute Gasteiger partial charge is 0.494 e. The van der Waals surface area contributed by atoms with E-state index >= 15 is 0 Å². The molecule has 0 saturated heterocycles. The van der Waals surface area contributed by atoms with Crippen LogP contribution in [0.25, 0.3) is 25.1 Å². The maximum absolute atomic E-state index is 12.8. The molecule has 0 radical (unpaired) electrons. The molecule has 1 heterocycles. The highest BCUT2D eigenvalue weighted by Gasteiger charge is 2.22. The molecule has 4 rings (SSSR count). The highest BCUT2D eigenvalue weighted by Crippen LogP contribution is 2.43. The van der Waals surface area contributed by atoms with E-state index in [1.54, 1.807) is 0 Å². The zero-order chi connectivity index (χ0) is 16.5. The van der Waals surface area contributed by atoms with Crippen molar-refractivity contribution in [3.8, 4) is 10.6 Å². The summed E-state index contributed by atoms with van der Waals surface area (Å²) in [6, 6.07) is 24.1. The molecule has 24 heavy (non-hydrogen) atoms. The second-order valence-corrected chi connectivity index (χ2v) is 7.50. The van der Waals surface area contributed by atoms with Crippen molar-refractivity contribution >= 4 is 30.6 Å². The van der Waals surface area contributed by atoms with E-state index in [-0.39, 0.29) is 15.9 Å². The van der Waals surface area contributed by atoms with Crippen LogP contribution in [0.15, 0.2) is 77.6 Å². The maximum Gasteiger partial charge on any atom is 0.203 e. The van der Waals surface area contributed by atoms with Crippen molar-refractivity contribution in [1.29, 1.82) is 0 Å². The molecule has 3 heteroatoms. The van der Waals surface area contributed by atoms with Gasteiger partial charge in [0, 0.05) is 22.6 Å². The fraction of sp³-hybridized carbons (Fsp3) is 0.0952. The van der Waals surface area contributed by atoms with Gasteiger partial charge >= 0.3 is 0 Å². The minimum atomic E-state index is -0.267. The molecule has 3 aromatic carbocycles. The van der Waals surface area contributed by atoms with Crippen LogP contribution in [0.5, 0.6) is 5.75 Å². The molecule has 0 N–H and O–H groups in total. The summed E-state index contributed by atoms with van der Waals surface area (Å²) in [6.45, 7) is 2.64. The Labute approximate surface area is 142 Å². The Morgan fingerprint density at radius 3 is 1.88 bits per heavy atom. The van der Waals surface area contributed by atoms with E-state index in [9.17, 15) is 4.79 Å². The van der Waals surface area contributed by atoms with Gasteiger partial charge in [-0.2, -0.15) is 0 Å². The van der Waals surface area contributed by atoms with E-state index in [1.165, 1.54) is 4.90 Å². The van der Waals surface area contributed by atoms with Crippen molar-refractivity contribution in [2.75, 3.05) is 6.61 Å². The molecule has 4 aromatic rings. The minimum absolute atomic E-state index is 0.121. The summed E-state index contributed by atoms with van der Waals surface area (Å²) >= 11 is 0. The van der Waals surface area contributed by atoms with Gasteiger partial charge in [-0.15, -0.1) is 0 Å². The molecule has 1 aromatic heterocycles. The number of rotatable bonds is 3. The van der Waals surface area contributed by atoms with E-state index in [1.807, 2.05) is 55.5 Å². The van der Waals surface area contributed by atoms with E-state index < -0.39 is 0 Å². The monoisotopic (exact) mass is 333 g/mol. The topological polar surface area (TPSA) is 26.3 Å². The SMILES string of the molecule is CCOc1ccc(-[s+]2c3ccccc3c(=O)c3ccccc32)cc1. The van der Waals surface area contributed by atoms with Gasteiger partial charge < -0.3 is 4.74 Å². The van der Waals surface area contributed by atoms with Crippen LogP contribution >= 0.6 is 10.5 Å². The number of benzene rings is 3. The molecule has 2 nitrogen and oxygen atoms in total. The van der Waals surface area contributed by atoms with E-state index in [4.69, 9.17) is 4.74 Å². The van der Waals surface area contributed by atoms with Crippen LogP contribution in [0.2, 0.25) is 0 Å². The molecule has 0 atom stereocenters. The molecular formula is C21H17O2S+. The van der Waals surface area contributed by atoms with Crippen LogP contribution in [0, 0.1) is 0 Å². The predicted molar refractivity (Wildman–Crippen MR) is 103 cm³/mol. The Hall–Kier alpha value is -2.65. The molecule has 0 fully saturated rings. The summed E-state index contributed by atoms with van der Waals surface area (Å²) in [5.74, 6) is 0.875. The van der Waals surface area contributed by atoms with E-state index in [0.717, 1.165) is 25.9 Å². The standard InChI is InChI=1S/C21H17O2S/c1-2-23-15-11-13-16(14-12-15)24-19-9-5-3-7-17(19)21(22)18-8-4-6-10-20(18)24/h3-14H,2H2,1H3/q+1. The van der Waals surface area contributed by atoms with Crippen molar-refractivity contribution in [3.05, 3.63) is 83.0 Å². The first-order valence-electron chi connectivity index (χ1n) is 7.99. The second kappa shape index (κ2) is 6.10. The average Bonchev–Trinajstić information content (AvgIpc) is 2.64. The molecule has 0 amide bonds. The average molecular weight is 333 g/mol. The van der Waals surface area contributed by atoms with Crippen LogP contribution in [-0.4, -0.2) is 6.61 Å². The first kappa shape index (κ1) is 14.9. The van der Waals surface area contributed by atoms with Crippen molar-refractivity contribution in [1.82, 2.24) is 0 Å². The Morgan fingerprint density at radius 1 is 0.792 bits per heavy atom. The van der Waals surface area contributed by atoms with Crippen molar-refractivity contribution < 1.29 is 4.74 Å². The first-order valence-corrected chi connectivity index (χ1v) is 9.22. The zero-order valence-electron chi connectivity index (χ0n) is 13.4. The Bertz CT molecular complexity index is 1020. The Morgan fingerprint density at radius 2 is 1.33 bits per heavy atom. The molecule has 0 aliphatic carbocycles. The van der Waals surface area contributed by atoms with Gasteiger partial charge in [0.1, 0.15) is 5.75 Å². The smallest absolute Gasteiger partial charge is 0.203 e. The summed E-state index contributed by atoms with van der Waals surface area (Å²) < 4.78 is 7.76. The summed E-state index contributed by atoms with van der Waals surface area (Å²) in [5.41, 5.74) is 0.121. The zero-order valence-corrected chi connectivity index (χ0v) is 14.2. The van der Waals surface area contributed by atoms with Crippen LogP contribution < -0.4 is 10.2 Å². The molecule has 0 spiro atoms. The number of hydrogen-bond donors (Lipinski definition) is 0. The van der Waals surface area contributed by atoms with E-state index in [0.29, 0.717) is 6.61 Å². The van der Waals surface area contributed by atoms with Crippen LogP contribution in [0.1, 0.15) is 6.92 Å². The quantitative estimate of drug-likeness (QED) is 0.366. The third kappa shape index (κ3) is 2.38. The van der Waals surface area contributed by atoms with Crippen molar-refractivity contribution in [2.24, 2.45) is 0 Å². The highest BCUT2D eigenvalue weighted by atomic mass is 32.2. The van der Waals surface area contributed by atoms with Gasteiger partial charge in [-0.25, -0.2) is 0 Å². The third-order valence-corrected chi connectivity index (χ3v) is 6.41. The lowest BCUT2D eigenvalue weighted by Gasteiger charge is -2.04. The second-order valence-electron chi connectivity index (χ2n) is 5.53. The molecule has 0 saturated carbocycles. The van der Waals surface area contributed by atoms with Gasteiger partial charge in [0.05, 0.1) is 17.4 Å². The third-order valence-electron chi connectivity index (χ3n) is 4.07.